The van der Waals surface area contributed by atoms with E-state index in [1.54, 1.807) is 0 Å². The summed E-state index contributed by atoms with van der Waals surface area (Å²) >= 11 is 0. The van der Waals surface area contributed by atoms with Crippen molar-refractivity contribution >= 4 is 5.71 Å². The van der Waals surface area contributed by atoms with Crippen LogP contribution in [0.2, 0.25) is 0 Å². The van der Waals surface area contributed by atoms with Crippen molar-refractivity contribution in [3.63, 3.8) is 0 Å². The monoisotopic (exact) mass is 259 g/mol. The summed E-state index contributed by atoms with van der Waals surface area (Å²) in [6.07, 6.45) is 0.825. The van der Waals surface area contributed by atoms with Crippen molar-refractivity contribution in [2.45, 2.75) is 66.7 Å². The number of allylic oxidation sites excluding steroid dienone is 2. The number of hydrogen-bond donors (Lipinski definition) is 1. The molecule has 3 heteroatoms. The van der Waals surface area contributed by atoms with Crippen LogP contribution in [0.5, 0.6) is 0 Å². The van der Waals surface area contributed by atoms with Gasteiger partial charge in [-0.1, -0.05) is 33.3 Å². The van der Waals surface area contributed by atoms with Gasteiger partial charge in [0.25, 0.3) is 0 Å². The van der Waals surface area contributed by atoms with E-state index >= 15 is 0 Å². The first-order valence-corrected chi connectivity index (χ1v) is 6.91. The summed E-state index contributed by atoms with van der Waals surface area (Å²) in [7, 11) is 0. The van der Waals surface area contributed by atoms with E-state index in [4.69, 9.17) is 5.41 Å². The molecule has 0 radical (unpaired) electrons. The van der Waals surface area contributed by atoms with Crippen molar-refractivity contribution in [2.24, 2.45) is 11.8 Å². The van der Waals surface area contributed by atoms with Gasteiger partial charge in [-0.3, -0.25) is 0 Å². The lowest BCUT2D eigenvalue weighted by molar-refractivity contribution is -0.117. The van der Waals surface area contributed by atoms with Crippen molar-refractivity contribution in [1.29, 1.82) is 5.41 Å². The van der Waals surface area contributed by atoms with Gasteiger partial charge in [0, 0.05) is 24.5 Å². The van der Waals surface area contributed by atoms with Crippen molar-refractivity contribution in [3.8, 4) is 0 Å². The van der Waals surface area contributed by atoms with Gasteiger partial charge in [-0.2, -0.15) is 0 Å². The molecule has 0 aromatic heterocycles. The van der Waals surface area contributed by atoms with Crippen LogP contribution in [0.25, 0.3) is 0 Å². The minimum absolute atomic E-state index is 0.0119. The van der Waals surface area contributed by atoms with Crippen LogP contribution in [-0.4, -0.2) is 11.6 Å². The first kappa shape index (κ1) is 17.3. The van der Waals surface area contributed by atoms with Gasteiger partial charge in [0.2, 0.25) is 5.92 Å². The largest absolute Gasteiger partial charge is 0.305 e. The van der Waals surface area contributed by atoms with E-state index < -0.39 is 5.92 Å². The van der Waals surface area contributed by atoms with Crippen molar-refractivity contribution in [3.05, 3.63) is 11.1 Å². The Bertz CT molecular complexity index is 310. The molecule has 1 aliphatic rings. The molecule has 1 N–H and O–H groups in total. The number of alkyl halides is 2. The SMILES string of the molecule is CC.CCC(C)=C(C)C(=N)C(C)C1CC(F)(F)C1. The van der Waals surface area contributed by atoms with Gasteiger partial charge in [0.05, 0.1) is 0 Å². The third-order valence-electron chi connectivity index (χ3n) is 3.86. The summed E-state index contributed by atoms with van der Waals surface area (Å²) in [6, 6.07) is 0. The fourth-order valence-corrected chi connectivity index (χ4v) is 2.13. The van der Waals surface area contributed by atoms with Gasteiger partial charge < -0.3 is 5.41 Å². The summed E-state index contributed by atoms with van der Waals surface area (Å²) in [5.41, 5.74) is 2.70. The molecule has 106 valence electrons. The maximum atomic E-state index is 12.8. The highest BCUT2D eigenvalue weighted by molar-refractivity contribution is 5.99. The number of rotatable bonds is 4. The van der Waals surface area contributed by atoms with Crippen LogP contribution in [0.15, 0.2) is 11.1 Å². The Hall–Kier alpha value is -0.730. The Labute approximate surface area is 110 Å². The highest BCUT2D eigenvalue weighted by Gasteiger charge is 2.48. The predicted octanol–water partition coefficient (Wildman–Crippen LogP) is 5.46. The molecule has 0 amide bonds. The number of halogens is 2. The molecule has 0 aromatic carbocycles. The quantitative estimate of drug-likeness (QED) is 0.648. The second-order valence-electron chi connectivity index (χ2n) is 4.99. The Balaban J connectivity index is 0.00000137. The summed E-state index contributed by atoms with van der Waals surface area (Å²) in [5, 5.41) is 8.03. The molecular weight excluding hydrogens is 232 g/mol. The summed E-state index contributed by atoms with van der Waals surface area (Å²) in [4.78, 5) is 0. The summed E-state index contributed by atoms with van der Waals surface area (Å²) in [6.45, 7) is 11.9. The van der Waals surface area contributed by atoms with Gasteiger partial charge in [-0.05, 0) is 31.8 Å². The lowest BCUT2D eigenvalue weighted by Crippen LogP contribution is -2.41. The first-order chi connectivity index (χ1) is 8.28. The van der Waals surface area contributed by atoms with Crippen molar-refractivity contribution < 1.29 is 8.78 Å². The minimum Gasteiger partial charge on any atom is -0.305 e. The molecule has 1 unspecified atom stereocenters. The topological polar surface area (TPSA) is 23.9 Å². The Kier molecular flexibility index (Phi) is 6.72. The second-order valence-corrected chi connectivity index (χ2v) is 4.99. The van der Waals surface area contributed by atoms with E-state index in [1.165, 1.54) is 5.57 Å². The highest BCUT2D eigenvalue weighted by atomic mass is 19.3. The molecule has 0 bridgehead atoms. The molecule has 0 heterocycles. The zero-order chi connectivity index (χ0) is 14.5. The predicted molar refractivity (Wildman–Crippen MR) is 74.6 cm³/mol. The van der Waals surface area contributed by atoms with Crippen LogP contribution in [0.1, 0.15) is 60.8 Å². The van der Waals surface area contributed by atoms with Crippen LogP contribution in [0.3, 0.4) is 0 Å². The van der Waals surface area contributed by atoms with Gasteiger partial charge in [0.15, 0.2) is 0 Å². The van der Waals surface area contributed by atoms with E-state index in [-0.39, 0.29) is 24.7 Å². The molecule has 1 nitrogen and oxygen atoms in total. The average Bonchev–Trinajstić information content (AvgIpc) is 2.34. The van der Waals surface area contributed by atoms with Crippen LogP contribution < -0.4 is 0 Å². The maximum absolute atomic E-state index is 12.8. The standard InChI is InChI=1S/C13H21F2N.C2H6/c1-5-8(2)9(3)12(16)10(4)11-6-13(14,15)7-11;1-2/h10-11,16H,5-7H2,1-4H3;1-2H3. The summed E-state index contributed by atoms with van der Waals surface area (Å²) in [5.74, 6) is -2.53. The Morgan fingerprint density at radius 2 is 1.72 bits per heavy atom. The van der Waals surface area contributed by atoms with E-state index in [1.807, 2.05) is 41.5 Å². The van der Waals surface area contributed by atoms with Crippen LogP contribution in [-0.2, 0) is 0 Å². The highest BCUT2D eigenvalue weighted by Crippen LogP contribution is 2.46. The zero-order valence-electron chi connectivity index (χ0n) is 12.5. The maximum Gasteiger partial charge on any atom is 0.248 e. The molecule has 18 heavy (non-hydrogen) atoms. The fraction of sp³-hybridized carbons (Fsp3) is 0.800. The summed E-state index contributed by atoms with van der Waals surface area (Å²) < 4.78 is 25.5. The second kappa shape index (κ2) is 7.01. The molecule has 0 saturated heterocycles. The molecule has 1 saturated carbocycles. The third kappa shape index (κ3) is 4.18. The Morgan fingerprint density at radius 3 is 2.06 bits per heavy atom. The molecule has 1 atom stereocenters. The molecule has 0 spiro atoms. The van der Waals surface area contributed by atoms with Crippen LogP contribution in [0, 0.1) is 17.2 Å². The average molecular weight is 259 g/mol. The van der Waals surface area contributed by atoms with E-state index in [9.17, 15) is 8.78 Å². The van der Waals surface area contributed by atoms with Crippen LogP contribution in [0.4, 0.5) is 8.78 Å². The third-order valence-corrected chi connectivity index (χ3v) is 3.86. The molecule has 1 fully saturated rings. The number of nitrogens with one attached hydrogen (secondary N) is 1. The number of hydrogen-bond acceptors (Lipinski definition) is 1. The van der Waals surface area contributed by atoms with Crippen molar-refractivity contribution in [1.82, 2.24) is 0 Å². The molecule has 1 rings (SSSR count). The minimum atomic E-state index is -2.48. The van der Waals surface area contributed by atoms with E-state index in [2.05, 4.69) is 0 Å². The molecular formula is C15H27F2N. The normalized spacial score (nSPS) is 21.1. The van der Waals surface area contributed by atoms with Gasteiger partial charge in [0.1, 0.15) is 0 Å². The Morgan fingerprint density at radius 1 is 1.28 bits per heavy atom. The molecule has 0 aliphatic heterocycles. The molecule has 0 aromatic rings. The van der Waals surface area contributed by atoms with Gasteiger partial charge in [-0.15, -0.1) is 0 Å². The van der Waals surface area contributed by atoms with E-state index in [0.717, 1.165) is 12.0 Å². The van der Waals surface area contributed by atoms with Crippen LogP contribution >= 0.6 is 0 Å². The molecule has 1 aliphatic carbocycles. The van der Waals surface area contributed by atoms with Gasteiger partial charge >= 0.3 is 0 Å². The van der Waals surface area contributed by atoms with Gasteiger partial charge in [-0.25, -0.2) is 8.78 Å². The lowest BCUT2D eigenvalue weighted by Gasteiger charge is -2.39. The fourth-order valence-electron chi connectivity index (χ4n) is 2.13. The van der Waals surface area contributed by atoms with E-state index in [0.29, 0.717) is 5.71 Å². The smallest absolute Gasteiger partial charge is 0.248 e. The zero-order valence-corrected chi connectivity index (χ0v) is 12.5. The van der Waals surface area contributed by atoms with Crippen molar-refractivity contribution in [2.75, 3.05) is 0 Å². The first-order valence-electron chi connectivity index (χ1n) is 6.91. The lowest BCUT2D eigenvalue weighted by atomic mass is 9.71.